The van der Waals surface area contributed by atoms with Gasteiger partial charge in [-0.2, -0.15) is 5.10 Å². The zero-order valence-electron chi connectivity index (χ0n) is 9.66. The van der Waals surface area contributed by atoms with E-state index in [1.807, 2.05) is 0 Å². The lowest BCUT2D eigenvalue weighted by molar-refractivity contribution is -0.394. The molecule has 0 saturated carbocycles. The molecule has 0 fully saturated rings. The first-order valence-electron chi connectivity index (χ1n) is 4.62. The molecule has 0 unspecified atom stereocenters. The lowest BCUT2D eigenvalue weighted by Crippen LogP contribution is -2.28. The van der Waals surface area contributed by atoms with E-state index < -0.39 is 27.2 Å². The number of hydrazone groups is 1. The molecule has 0 aromatic heterocycles. The maximum atomic E-state index is 10.8. The number of nitrogens with zero attached hydrogens (tertiary/aromatic N) is 4. The summed E-state index contributed by atoms with van der Waals surface area (Å²) in [7, 11) is 0. The third-order valence-corrected chi connectivity index (χ3v) is 1.94. The van der Waals surface area contributed by atoms with Crippen LogP contribution in [0, 0.1) is 25.6 Å². The van der Waals surface area contributed by atoms with Gasteiger partial charge in [0, 0.05) is 6.07 Å². The van der Waals surface area contributed by atoms with Crippen LogP contribution < -0.4 is 5.73 Å². The number of nitrogens with two attached hydrogens (primary N) is 1. The third-order valence-electron chi connectivity index (χ3n) is 1.94. The minimum Gasteiger partial charge on any atom is -0.367 e. The van der Waals surface area contributed by atoms with Crippen molar-refractivity contribution in [3.05, 3.63) is 44.0 Å². The first-order chi connectivity index (χ1) is 8.82. The summed E-state index contributed by atoms with van der Waals surface area (Å²) < 4.78 is 0. The van der Waals surface area contributed by atoms with E-state index in [1.165, 1.54) is 0 Å². The molecule has 0 heterocycles. The van der Waals surface area contributed by atoms with E-state index in [0.717, 1.165) is 24.4 Å². The Hall–Kier alpha value is -2.79. The lowest BCUT2D eigenvalue weighted by Gasteiger charge is -2.05. The predicted octanol–water partition coefficient (Wildman–Crippen LogP) is 0.843. The number of hydrogen-bond donors (Lipinski definition) is 3. The van der Waals surface area contributed by atoms with Gasteiger partial charge in [0.25, 0.3) is 11.4 Å². The normalized spacial score (nSPS) is 9.85. The molecule has 1 rings (SSSR count). The largest absolute Gasteiger partial charge is 0.367 e. The number of nitro benzene ring substituents is 2. The minimum atomic E-state index is -0.830. The molecule has 0 atom stereocenters. The van der Waals surface area contributed by atoms with Crippen molar-refractivity contribution < 1.29 is 15.1 Å². The fourth-order valence-electron chi connectivity index (χ4n) is 1.09. The zero-order chi connectivity index (χ0) is 14.6. The van der Waals surface area contributed by atoms with Crippen LogP contribution in [0.5, 0.6) is 0 Å². The number of guanidine groups is 1. The Labute approximate surface area is 117 Å². The number of halogens is 1. The first-order valence-corrected chi connectivity index (χ1v) is 4.62. The van der Waals surface area contributed by atoms with E-state index >= 15 is 0 Å². The highest BCUT2D eigenvalue weighted by atomic mass is 35.5. The number of nitrogens with one attached hydrogen (secondary N) is 1. The monoisotopic (exact) mass is 304 g/mol. The van der Waals surface area contributed by atoms with Crippen LogP contribution in [0.25, 0.3) is 0 Å². The van der Waals surface area contributed by atoms with Crippen molar-refractivity contribution in [2.45, 2.75) is 0 Å². The van der Waals surface area contributed by atoms with Crippen LogP contribution in [0.15, 0.2) is 23.3 Å². The molecule has 0 spiro atoms. The average Bonchev–Trinajstić information content (AvgIpc) is 2.35. The Morgan fingerprint density at radius 1 is 1.40 bits per heavy atom. The summed E-state index contributed by atoms with van der Waals surface area (Å²) in [5.74, 6) is -0.791. The number of benzene rings is 1. The van der Waals surface area contributed by atoms with Gasteiger partial charge < -0.3 is 5.73 Å². The number of rotatable bonds is 4. The quantitative estimate of drug-likeness (QED) is 0.320. The second kappa shape index (κ2) is 6.96. The molecule has 0 bridgehead atoms. The summed E-state index contributed by atoms with van der Waals surface area (Å²) in [6.45, 7) is 0. The predicted molar refractivity (Wildman–Crippen MR) is 70.1 cm³/mol. The second-order valence-electron chi connectivity index (χ2n) is 3.18. The van der Waals surface area contributed by atoms with E-state index in [1.54, 1.807) is 0 Å². The zero-order valence-corrected chi connectivity index (χ0v) is 10.5. The molecule has 0 aliphatic heterocycles. The molecule has 12 heteroatoms. The summed E-state index contributed by atoms with van der Waals surface area (Å²) in [5.41, 5.74) is 3.79. The van der Waals surface area contributed by atoms with Gasteiger partial charge in [-0.1, -0.05) is 0 Å². The van der Waals surface area contributed by atoms with Gasteiger partial charge >= 0.3 is 0 Å². The number of nitro groups is 2. The van der Waals surface area contributed by atoms with E-state index in [4.69, 9.17) is 16.4 Å². The minimum absolute atomic E-state index is 0. The summed E-state index contributed by atoms with van der Waals surface area (Å²) in [4.78, 5) is 19.6. The van der Waals surface area contributed by atoms with Crippen LogP contribution in [-0.2, 0) is 0 Å². The van der Waals surface area contributed by atoms with Crippen LogP contribution in [0.4, 0.5) is 11.4 Å². The maximum Gasteiger partial charge on any atom is 0.285 e. The summed E-state index contributed by atoms with van der Waals surface area (Å²) >= 11 is 0. The van der Waals surface area contributed by atoms with E-state index in [0.29, 0.717) is 0 Å². The van der Waals surface area contributed by atoms with Crippen molar-refractivity contribution in [1.82, 2.24) is 5.17 Å². The third kappa shape index (κ3) is 4.15. The molecule has 0 aliphatic carbocycles. The number of hydroxylamine groups is 1. The number of non-ortho nitro benzene ring substituents is 1. The van der Waals surface area contributed by atoms with Crippen LogP contribution in [0.2, 0.25) is 0 Å². The van der Waals surface area contributed by atoms with E-state index in [2.05, 4.69) is 5.10 Å². The van der Waals surface area contributed by atoms with Crippen molar-refractivity contribution in [2.24, 2.45) is 10.8 Å². The van der Waals surface area contributed by atoms with Gasteiger partial charge in [-0.25, -0.2) is 0 Å². The Kier molecular flexibility index (Phi) is 5.99. The Morgan fingerprint density at radius 2 is 2.00 bits per heavy atom. The molecule has 20 heavy (non-hydrogen) atoms. The van der Waals surface area contributed by atoms with E-state index in [9.17, 15) is 20.2 Å². The topological polar surface area (TPSA) is 172 Å². The Morgan fingerprint density at radius 3 is 2.45 bits per heavy atom. The molecule has 0 radical (unpaired) electrons. The molecule has 4 N–H and O–H groups in total. The highest BCUT2D eigenvalue weighted by Crippen LogP contribution is 2.23. The van der Waals surface area contributed by atoms with E-state index in [-0.39, 0.29) is 23.1 Å². The average molecular weight is 305 g/mol. The molecular formula is C8H9ClN6O5. The van der Waals surface area contributed by atoms with Crippen LogP contribution in [0.1, 0.15) is 5.56 Å². The van der Waals surface area contributed by atoms with Crippen molar-refractivity contribution >= 4 is 36.0 Å². The van der Waals surface area contributed by atoms with Gasteiger partial charge in [0.05, 0.1) is 27.7 Å². The van der Waals surface area contributed by atoms with Crippen LogP contribution >= 0.6 is 12.4 Å². The molecule has 1 aromatic carbocycles. The highest BCUT2D eigenvalue weighted by molar-refractivity contribution is 5.87. The summed E-state index contributed by atoms with van der Waals surface area (Å²) in [5, 5.41) is 40.3. The standard InChI is InChI=1S/C8H8N6O5.ClH/c9-8(10)12(15)11-4-5-1-2-6(13(16)17)3-7(5)14(18)19;/h1-4,15H,(H3,9,10);1H/b11-4+;. The number of hydrogen-bond acceptors (Lipinski definition) is 7. The SMILES string of the molecule is Cl.N=C(N)N(O)/N=C/c1ccc([N+](=O)[O-])cc1[N+](=O)[O-]. The molecule has 0 aliphatic rings. The summed E-state index contributed by atoms with van der Waals surface area (Å²) in [6.07, 6.45) is 0.850. The summed E-state index contributed by atoms with van der Waals surface area (Å²) in [6, 6.07) is 2.90. The molecular weight excluding hydrogens is 296 g/mol. The Balaban J connectivity index is 0.00000361. The van der Waals surface area contributed by atoms with Crippen LogP contribution in [0.3, 0.4) is 0 Å². The smallest absolute Gasteiger partial charge is 0.285 e. The van der Waals surface area contributed by atoms with Crippen LogP contribution in [-0.4, -0.2) is 32.4 Å². The van der Waals surface area contributed by atoms with Gasteiger partial charge in [0.2, 0.25) is 5.96 Å². The van der Waals surface area contributed by atoms with Crippen molar-refractivity contribution in [1.29, 1.82) is 5.41 Å². The van der Waals surface area contributed by atoms with Gasteiger partial charge in [0.1, 0.15) is 0 Å². The van der Waals surface area contributed by atoms with Crippen molar-refractivity contribution in [3.8, 4) is 0 Å². The Bertz CT molecular complexity index is 576. The maximum absolute atomic E-state index is 10.8. The van der Waals surface area contributed by atoms with Gasteiger partial charge in [-0.15, -0.1) is 17.6 Å². The van der Waals surface area contributed by atoms with Crippen molar-refractivity contribution in [2.75, 3.05) is 0 Å². The highest BCUT2D eigenvalue weighted by Gasteiger charge is 2.18. The molecule has 0 saturated heterocycles. The molecule has 108 valence electrons. The fourth-order valence-corrected chi connectivity index (χ4v) is 1.09. The van der Waals surface area contributed by atoms with Gasteiger partial charge in [-0.05, 0) is 6.07 Å². The molecule has 1 aromatic rings. The first kappa shape index (κ1) is 17.2. The molecule has 0 amide bonds. The molecule has 11 nitrogen and oxygen atoms in total. The van der Waals surface area contributed by atoms with Crippen molar-refractivity contribution in [3.63, 3.8) is 0 Å². The lowest BCUT2D eigenvalue weighted by atomic mass is 10.2. The van der Waals surface area contributed by atoms with Gasteiger partial charge in [-0.3, -0.25) is 30.8 Å². The second-order valence-corrected chi connectivity index (χ2v) is 3.18. The fraction of sp³-hybridized carbons (Fsp3) is 0. The van der Waals surface area contributed by atoms with Gasteiger partial charge in [0.15, 0.2) is 0 Å².